The maximum absolute atomic E-state index is 14.2. The second-order valence-corrected chi connectivity index (χ2v) is 5.72. The van der Waals surface area contributed by atoms with Crippen molar-refractivity contribution in [1.29, 1.82) is 0 Å². The van der Waals surface area contributed by atoms with Crippen LogP contribution in [0.2, 0.25) is 0 Å². The summed E-state index contributed by atoms with van der Waals surface area (Å²) in [6.07, 6.45) is 0. The summed E-state index contributed by atoms with van der Waals surface area (Å²) in [5.74, 6) is 0.597. The monoisotopic (exact) mass is 351 g/mol. The fourth-order valence-electron chi connectivity index (χ4n) is 2.34. The molecule has 0 amide bonds. The molecule has 2 aromatic rings. The van der Waals surface area contributed by atoms with Crippen molar-refractivity contribution in [3.05, 3.63) is 63.4 Å². The fraction of sp³-hybridized carbons (Fsp3) is 0.294. The van der Waals surface area contributed by atoms with E-state index in [1.54, 1.807) is 6.07 Å². The Morgan fingerprint density at radius 3 is 2.57 bits per heavy atom. The van der Waals surface area contributed by atoms with Gasteiger partial charge < -0.3 is 10.1 Å². The van der Waals surface area contributed by atoms with Crippen molar-refractivity contribution in [2.24, 2.45) is 0 Å². The predicted molar refractivity (Wildman–Crippen MR) is 87.4 cm³/mol. The van der Waals surface area contributed by atoms with Gasteiger partial charge in [-0.2, -0.15) is 0 Å². The van der Waals surface area contributed by atoms with Gasteiger partial charge in [0.15, 0.2) is 0 Å². The molecule has 0 radical (unpaired) electrons. The first-order chi connectivity index (χ1) is 10.1. The molecule has 0 aliphatic rings. The average Bonchev–Trinajstić information content (AvgIpc) is 2.45. The molecular formula is C17H19BrFNO. The number of hydrogen-bond donors (Lipinski definition) is 1. The molecule has 0 aromatic heterocycles. The second-order valence-electron chi connectivity index (χ2n) is 4.87. The van der Waals surface area contributed by atoms with Crippen molar-refractivity contribution >= 4 is 15.9 Å². The first kappa shape index (κ1) is 16.0. The van der Waals surface area contributed by atoms with Gasteiger partial charge in [0.05, 0.1) is 17.1 Å². The van der Waals surface area contributed by atoms with Crippen LogP contribution < -0.4 is 10.1 Å². The minimum atomic E-state index is -0.197. The van der Waals surface area contributed by atoms with Crippen LogP contribution in [-0.2, 0) is 0 Å². The number of hydrogen-bond acceptors (Lipinski definition) is 2. The third-order valence-corrected chi connectivity index (χ3v) is 3.96. The second kappa shape index (κ2) is 7.05. The third kappa shape index (κ3) is 3.63. The highest BCUT2D eigenvalue weighted by atomic mass is 79.9. The van der Waals surface area contributed by atoms with Crippen LogP contribution in [0.5, 0.6) is 5.75 Å². The quantitative estimate of drug-likeness (QED) is 0.849. The van der Waals surface area contributed by atoms with Gasteiger partial charge in [-0.15, -0.1) is 0 Å². The van der Waals surface area contributed by atoms with Crippen molar-refractivity contribution in [1.82, 2.24) is 5.32 Å². The van der Waals surface area contributed by atoms with Gasteiger partial charge >= 0.3 is 0 Å². The molecule has 0 heterocycles. The number of halogens is 2. The molecule has 2 nitrogen and oxygen atoms in total. The maximum Gasteiger partial charge on any atom is 0.133 e. The molecule has 0 saturated heterocycles. The van der Waals surface area contributed by atoms with Crippen LogP contribution in [-0.4, -0.2) is 13.7 Å². The molecule has 1 atom stereocenters. The molecule has 2 aromatic carbocycles. The molecule has 112 valence electrons. The predicted octanol–water partition coefficient (Wildman–Crippen LogP) is 4.60. The van der Waals surface area contributed by atoms with Crippen LogP contribution in [0, 0.1) is 12.7 Å². The molecule has 1 unspecified atom stereocenters. The van der Waals surface area contributed by atoms with Crippen LogP contribution in [0.15, 0.2) is 40.9 Å². The number of ether oxygens (including phenoxy) is 1. The van der Waals surface area contributed by atoms with Gasteiger partial charge in [-0.3, -0.25) is 0 Å². The standard InChI is InChI=1S/C17H19BrFNO/c1-4-21-16-8-6-12(10-14(16)18)17(20-3)13-7-5-11(2)9-15(13)19/h5-10,17,20H,4H2,1-3H3. The highest BCUT2D eigenvalue weighted by molar-refractivity contribution is 9.10. The zero-order chi connectivity index (χ0) is 15.4. The van der Waals surface area contributed by atoms with Crippen molar-refractivity contribution in [2.45, 2.75) is 19.9 Å². The SMILES string of the molecule is CCOc1ccc(C(NC)c2ccc(C)cc2F)cc1Br. The van der Waals surface area contributed by atoms with Gasteiger partial charge in [-0.05, 0) is 66.2 Å². The number of nitrogens with one attached hydrogen (secondary N) is 1. The Bertz CT molecular complexity index is 630. The van der Waals surface area contributed by atoms with Gasteiger partial charge in [-0.25, -0.2) is 4.39 Å². The molecular weight excluding hydrogens is 333 g/mol. The van der Waals surface area contributed by atoms with Crippen molar-refractivity contribution in [3.8, 4) is 5.75 Å². The Morgan fingerprint density at radius 1 is 1.24 bits per heavy atom. The zero-order valence-electron chi connectivity index (χ0n) is 12.4. The fourth-order valence-corrected chi connectivity index (χ4v) is 2.85. The molecule has 4 heteroatoms. The lowest BCUT2D eigenvalue weighted by Crippen LogP contribution is -2.19. The van der Waals surface area contributed by atoms with E-state index in [1.165, 1.54) is 0 Å². The smallest absolute Gasteiger partial charge is 0.133 e. The molecule has 0 bridgehead atoms. The average molecular weight is 352 g/mol. The van der Waals surface area contributed by atoms with Crippen molar-refractivity contribution in [2.75, 3.05) is 13.7 Å². The van der Waals surface area contributed by atoms with Crippen LogP contribution in [0.3, 0.4) is 0 Å². The van der Waals surface area contributed by atoms with E-state index in [1.807, 2.05) is 51.2 Å². The number of benzene rings is 2. The van der Waals surface area contributed by atoms with E-state index in [0.29, 0.717) is 12.2 Å². The molecule has 21 heavy (non-hydrogen) atoms. The van der Waals surface area contributed by atoms with Crippen LogP contribution in [0.4, 0.5) is 4.39 Å². The van der Waals surface area contributed by atoms with Crippen LogP contribution >= 0.6 is 15.9 Å². The highest BCUT2D eigenvalue weighted by Gasteiger charge is 2.17. The van der Waals surface area contributed by atoms with E-state index in [0.717, 1.165) is 21.3 Å². The van der Waals surface area contributed by atoms with E-state index in [9.17, 15) is 4.39 Å². The summed E-state index contributed by atoms with van der Waals surface area (Å²) in [6, 6.07) is 10.9. The Hall–Kier alpha value is -1.39. The summed E-state index contributed by atoms with van der Waals surface area (Å²) in [5, 5.41) is 3.17. The minimum absolute atomic E-state index is 0.195. The van der Waals surface area contributed by atoms with Crippen LogP contribution in [0.1, 0.15) is 29.7 Å². The van der Waals surface area contributed by atoms with Gasteiger partial charge in [0.2, 0.25) is 0 Å². The van der Waals surface area contributed by atoms with E-state index in [2.05, 4.69) is 21.2 Å². The van der Waals surface area contributed by atoms with Gasteiger partial charge in [0, 0.05) is 5.56 Å². The van der Waals surface area contributed by atoms with Gasteiger partial charge in [0.1, 0.15) is 11.6 Å². The van der Waals surface area contributed by atoms with Crippen molar-refractivity contribution < 1.29 is 9.13 Å². The van der Waals surface area contributed by atoms with Gasteiger partial charge in [0.25, 0.3) is 0 Å². The number of aryl methyl sites for hydroxylation is 1. The summed E-state index contributed by atoms with van der Waals surface area (Å²) in [6.45, 7) is 4.44. The lowest BCUT2D eigenvalue weighted by atomic mass is 9.97. The topological polar surface area (TPSA) is 21.3 Å². The summed E-state index contributed by atoms with van der Waals surface area (Å²) in [7, 11) is 1.83. The maximum atomic E-state index is 14.2. The molecule has 0 aliphatic carbocycles. The molecule has 0 spiro atoms. The Morgan fingerprint density at radius 2 is 2.00 bits per heavy atom. The Kier molecular flexibility index (Phi) is 5.37. The Labute approximate surface area is 133 Å². The first-order valence-electron chi connectivity index (χ1n) is 6.92. The Balaban J connectivity index is 2.39. The molecule has 2 rings (SSSR count). The van der Waals surface area contributed by atoms with E-state index in [4.69, 9.17) is 4.74 Å². The lowest BCUT2D eigenvalue weighted by Gasteiger charge is -2.19. The molecule has 1 N–H and O–H groups in total. The first-order valence-corrected chi connectivity index (χ1v) is 7.71. The minimum Gasteiger partial charge on any atom is -0.493 e. The van der Waals surface area contributed by atoms with E-state index in [-0.39, 0.29) is 11.9 Å². The summed E-state index contributed by atoms with van der Waals surface area (Å²) >= 11 is 3.50. The molecule has 0 fully saturated rings. The normalized spacial score (nSPS) is 12.2. The third-order valence-electron chi connectivity index (χ3n) is 3.34. The largest absolute Gasteiger partial charge is 0.493 e. The van der Waals surface area contributed by atoms with Gasteiger partial charge in [-0.1, -0.05) is 18.2 Å². The summed E-state index contributed by atoms with van der Waals surface area (Å²) in [4.78, 5) is 0. The van der Waals surface area contributed by atoms with Crippen LogP contribution in [0.25, 0.3) is 0 Å². The van der Waals surface area contributed by atoms with E-state index < -0.39 is 0 Å². The molecule has 0 aliphatic heterocycles. The lowest BCUT2D eigenvalue weighted by molar-refractivity contribution is 0.338. The highest BCUT2D eigenvalue weighted by Crippen LogP contribution is 2.31. The molecule has 0 saturated carbocycles. The van der Waals surface area contributed by atoms with Crippen molar-refractivity contribution in [3.63, 3.8) is 0 Å². The summed E-state index contributed by atoms with van der Waals surface area (Å²) in [5.41, 5.74) is 2.54. The van der Waals surface area contributed by atoms with E-state index >= 15 is 0 Å². The zero-order valence-corrected chi connectivity index (χ0v) is 14.0. The summed E-state index contributed by atoms with van der Waals surface area (Å²) < 4.78 is 20.6. The number of rotatable bonds is 5.